The smallest absolute Gasteiger partial charge is 0.550 e. The molecule has 0 unspecified atom stereocenters. The van der Waals surface area contributed by atoms with Crippen LogP contribution in [0.3, 0.4) is 0 Å². The molecule has 0 saturated heterocycles. The molecule has 3 aromatic carbocycles. The normalized spacial score (nSPS) is 12.6. The van der Waals surface area contributed by atoms with Gasteiger partial charge in [-0.1, -0.05) is 66.7 Å². The first kappa shape index (κ1) is 33.0. The van der Waals surface area contributed by atoms with E-state index >= 15 is 0 Å². The molecule has 7 nitrogen and oxygen atoms in total. The molecule has 212 valence electrons. The number of halogens is 1. The Morgan fingerprint density at radius 1 is 0.905 bits per heavy atom. The number of benzene rings is 3. The zero-order chi connectivity index (χ0) is 29.5. The molecule has 1 aromatic heterocycles. The fraction of sp³-hybridized carbons (Fsp3) is 0.212. The first-order valence-corrected chi connectivity index (χ1v) is 13.4. The monoisotopic (exact) mass is 578 g/mol. The summed E-state index contributed by atoms with van der Waals surface area (Å²) >= 11 is 0. The number of carbonyl (C=O) groups excluding carboxylic acids is 2. The van der Waals surface area contributed by atoms with E-state index in [-0.39, 0.29) is 47.9 Å². The third-order valence-electron chi connectivity index (χ3n) is 6.59. The number of nitrogens with zero attached hydrogens (tertiary/aromatic N) is 1. The molecule has 3 N–H and O–H groups in total. The molecular weight excluding hydrogens is 546 g/mol. The van der Waals surface area contributed by atoms with Crippen molar-refractivity contribution in [2.24, 2.45) is 0 Å². The van der Waals surface area contributed by atoms with Gasteiger partial charge in [-0.3, -0.25) is 4.79 Å². The quantitative estimate of drug-likeness (QED) is 0.236. The van der Waals surface area contributed by atoms with Gasteiger partial charge in [0, 0.05) is 47.4 Å². The average Bonchev–Trinajstić information content (AvgIpc) is 3.28. The van der Waals surface area contributed by atoms with E-state index in [4.69, 9.17) is 0 Å². The van der Waals surface area contributed by atoms with E-state index < -0.39 is 30.4 Å². The maximum Gasteiger partial charge on any atom is 1.00 e. The second-order valence-corrected chi connectivity index (χ2v) is 10.0. The first-order valence-electron chi connectivity index (χ1n) is 13.4. The van der Waals surface area contributed by atoms with E-state index in [1.54, 1.807) is 30.3 Å². The van der Waals surface area contributed by atoms with Gasteiger partial charge in [0.05, 0.1) is 12.2 Å². The van der Waals surface area contributed by atoms with E-state index in [0.717, 1.165) is 5.56 Å². The van der Waals surface area contributed by atoms with Crippen molar-refractivity contribution in [3.05, 3.63) is 108 Å². The summed E-state index contributed by atoms with van der Waals surface area (Å²) in [5.74, 6) is -2.17. The van der Waals surface area contributed by atoms with E-state index in [1.807, 2.05) is 66.9 Å². The fourth-order valence-electron chi connectivity index (χ4n) is 4.87. The molecule has 4 aromatic rings. The van der Waals surface area contributed by atoms with Gasteiger partial charge >= 0.3 is 29.6 Å². The summed E-state index contributed by atoms with van der Waals surface area (Å²) in [5.41, 5.74) is 4.28. The number of aromatic nitrogens is 1. The minimum absolute atomic E-state index is 0. The number of carbonyl (C=O) groups is 2. The minimum Gasteiger partial charge on any atom is -0.550 e. The molecule has 42 heavy (non-hydrogen) atoms. The van der Waals surface area contributed by atoms with Crippen LogP contribution in [0.5, 0.6) is 0 Å². The largest absolute Gasteiger partial charge is 1.00 e. The van der Waals surface area contributed by atoms with Gasteiger partial charge in [0.15, 0.2) is 0 Å². The molecule has 0 radical (unpaired) electrons. The van der Waals surface area contributed by atoms with Crippen LogP contribution in [-0.4, -0.2) is 38.9 Å². The van der Waals surface area contributed by atoms with Gasteiger partial charge in [0.2, 0.25) is 0 Å². The summed E-state index contributed by atoms with van der Waals surface area (Å²) in [5, 5.41) is 34.4. The molecule has 0 aliphatic heterocycles. The van der Waals surface area contributed by atoms with Gasteiger partial charge in [-0.15, -0.1) is 0 Å². The summed E-state index contributed by atoms with van der Waals surface area (Å²) in [6.07, 6.45) is -0.182. The van der Waals surface area contributed by atoms with Crippen LogP contribution < -0.4 is 40.0 Å². The Labute approximate surface area is 266 Å². The van der Waals surface area contributed by atoms with Crippen molar-refractivity contribution >= 4 is 23.6 Å². The molecule has 0 saturated carbocycles. The Bertz CT molecular complexity index is 1520. The Hall–Kier alpha value is -3.53. The van der Waals surface area contributed by atoms with E-state index in [9.17, 15) is 29.3 Å². The average molecular weight is 579 g/mol. The number of rotatable bonds is 11. The van der Waals surface area contributed by atoms with Crippen molar-refractivity contribution in [3.8, 4) is 22.3 Å². The number of aliphatic carboxylic acids is 1. The maximum absolute atomic E-state index is 14.0. The second-order valence-electron chi connectivity index (χ2n) is 10.0. The van der Waals surface area contributed by atoms with Crippen molar-refractivity contribution < 1.29 is 58.9 Å². The van der Waals surface area contributed by atoms with Crippen molar-refractivity contribution in [1.29, 1.82) is 0 Å². The number of aliphatic hydroxyl groups is 2. The number of carboxylic acids is 1. The molecule has 1 amide bonds. The van der Waals surface area contributed by atoms with E-state index in [2.05, 4.69) is 5.32 Å². The molecule has 1 heterocycles. The van der Waals surface area contributed by atoms with Gasteiger partial charge in [0.1, 0.15) is 11.5 Å². The Kier molecular flexibility index (Phi) is 11.8. The summed E-state index contributed by atoms with van der Waals surface area (Å²) < 4.78 is 15.9. The number of anilines is 1. The fourth-order valence-corrected chi connectivity index (χ4v) is 4.87. The first-order chi connectivity index (χ1) is 19.7. The van der Waals surface area contributed by atoms with Crippen LogP contribution in [0.2, 0.25) is 0 Å². The van der Waals surface area contributed by atoms with Crippen LogP contribution >= 0.6 is 0 Å². The summed E-state index contributed by atoms with van der Waals surface area (Å²) in [6.45, 7) is 3.86. The van der Waals surface area contributed by atoms with Crippen molar-refractivity contribution in [2.45, 2.75) is 44.9 Å². The van der Waals surface area contributed by atoms with Crippen LogP contribution in [0.25, 0.3) is 28.3 Å². The Morgan fingerprint density at radius 2 is 1.48 bits per heavy atom. The van der Waals surface area contributed by atoms with Gasteiger partial charge < -0.3 is 30.0 Å². The summed E-state index contributed by atoms with van der Waals surface area (Å²) in [4.78, 5) is 24.9. The molecule has 0 aliphatic rings. The molecular formula is C33H32FN2NaO5. The van der Waals surface area contributed by atoms with Gasteiger partial charge in [-0.05, 0) is 55.3 Å². The van der Waals surface area contributed by atoms with Crippen LogP contribution in [0.4, 0.5) is 10.1 Å². The summed E-state index contributed by atoms with van der Waals surface area (Å²) in [6, 6.07) is 24.2. The second kappa shape index (κ2) is 15.1. The van der Waals surface area contributed by atoms with Crippen molar-refractivity contribution in [3.63, 3.8) is 0 Å². The Morgan fingerprint density at radius 3 is 2.05 bits per heavy atom. The third kappa shape index (κ3) is 8.06. The van der Waals surface area contributed by atoms with Gasteiger partial charge in [-0.25, -0.2) is 4.39 Å². The van der Waals surface area contributed by atoms with E-state index in [0.29, 0.717) is 33.8 Å². The minimum atomic E-state index is -1.41. The summed E-state index contributed by atoms with van der Waals surface area (Å²) in [7, 11) is 0. The molecule has 4 rings (SSSR count). The zero-order valence-corrected chi connectivity index (χ0v) is 25.8. The zero-order valence-electron chi connectivity index (χ0n) is 23.8. The number of amides is 1. The predicted molar refractivity (Wildman–Crippen MR) is 155 cm³/mol. The van der Waals surface area contributed by atoms with Gasteiger partial charge in [-0.2, -0.15) is 0 Å². The maximum atomic E-state index is 14.0. The molecule has 0 aliphatic carbocycles. The van der Waals surface area contributed by atoms with Crippen LogP contribution in [0.1, 0.15) is 48.9 Å². The number of hydrogen-bond donors (Lipinski definition) is 3. The third-order valence-corrected chi connectivity index (χ3v) is 6.59. The molecule has 2 atom stereocenters. The topological polar surface area (TPSA) is 115 Å². The van der Waals surface area contributed by atoms with Crippen LogP contribution in [0.15, 0.2) is 91.0 Å². The van der Waals surface area contributed by atoms with Crippen LogP contribution in [-0.2, 0) is 4.79 Å². The predicted octanol–water partition coefficient (Wildman–Crippen LogP) is 2.06. The van der Waals surface area contributed by atoms with Crippen molar-refractivity contribution in [1.82, 2.24) is 4.57 Å². The number of aliphatic hydroxyl groups excluding tert-OH is 2. The number of para-hydroxylation sites is 1. The van der Waals surface area contributed by atoms with Crippen LogP contribution in [0, 0.1) is 5.82 Å². The van der Waals surface area contributed by atoms with Crippen molar-refractivity contribution in [2.75, 3.05) is 5.32 Å². The number of hydrogen-bond acceptors (Lipinski definition) is 5. The SMILES string of the molecule is CC(C)n1c(/C=C/[C@@H](O)C[C@@H](O)CC(=O)[O-])c(-c2ccc(F)cc2)c(-c2ccccc2)c1C(=O)Nc1ccccc1.[Na+]. The standard InChI is InChI=1S/C33H33FN2O5.Na/c1-21(2)36-28(18-17-26(37)19-27(38)20-29(39)40)30(23-13-15-24(34)16-14-23)31(22-9-5-3-6-10-22)32(36)33(41)35-25-11-7-4-8-12-25;/h3-18,21,26-27,37-38H,19-20H2,1-2H3,(H,35,41)(H,39,40);/q;+1/p-1/b18-17+;/t26-,27-;/m1./s1. The Balaban J connectivity index is 0.00000484. The number of carboxylic acid groups (broad SMARTS) is 1. The molecule has 9 heteroatoms. The molecule has 0 bridgehead atoms. The number of nitrogens with one attached hydrogen (secondary N) is 1. The van der Waals surface area contributed by atoms with E-state index in [1.165, 1.54) is 18.2 Å². The van der Waals surface area contributed by atoms with Gasteiger partial charge in [0.25, 0.3) is 5.91 Å². The molecule has 0 fully saturated rings. The molecule has 0 spiro atoms.